The summed E-state index contributed by atoms with van der Waals surface area (Å²) in [7, 11) is 0. The average molecular weight is 664 g/mol. The molecular weight excluding hydrogens is 631 g/mol. The number of para-hydroxylation sites is 2. The van der Waals surface area contributed by atoms with E-state index in [1.54, 1.807) is 0 Å². The number of aromatic nitrogens is 1. The van der Waals surface area contributed by atoms with Gasteiger partial charge in [0, 0.05) is 62.7 Å². The van der Waals surface area contributed by atoms with Crippen LogP contribution in [0.5, 0.6) is 0 Å². The van der Waals surface area contributed by atoms with Gasteiger partial charge in [0.05, 0.1) is 11.0 Å². The Labute approximate surface area is 293 Å². The molecule has 0 spiro atoms. The van der Waals surface area contributed by atoms with Crippen molar-refractivity contribution in [3.8, 4) is 16.8 Å². The fourth-order valence-electron chi connectivity index (χ4n) is 8.25. The third-order valence-corrected chi connectivity index (χ3v) is 12.8. The fraction of sp³-hybridized carbons (Fsp3) is 0.0870. The first kappa shape index (κ1) is 28.8. The van der Waals surface area contributed by atoms with Crippen LogP contribution in [-0.4, -0.2) is 4.57 Å². The zero-order valence-corrected chi connectivity index (χ0v) is 29.0. The van der Waals surface area contributed by atoms with Gasteiger partial charge in [0.15, 0.2) is 0 Å². The third kappa shape index (κ3) is 4.36. The second kappa shape index (κ2) is 11.2. The van der Waals surface area contributed by atoms with Gasteiger partial charge in [-0.25, -0.2) is 0 Å². The number of hydrogen-bond acceptors (Lipinski definition) is 2. The maximum absolute atomic E-state index is 2.51. The molecule has 0 aliphatic rings. The van der Waals surface area contributed by atoms with Crippen molar-refractivity contribution in [3.05, 3.63) is 162 Å². The quantitative estimate of drug-likeness (QED) is 0.173. The van der Waals surface area contributed by atoms with Crippen LogP contribution in [0.2, 0.25) is 0 Å². The lowest BCUT2D eigenvalue weighted by atomic mass is 9.83. The molecule has 3 heteroatoms. The largest absolute Gasteiger partial charge is 0.309 e. The number of hydrogen-bond donors (Lipinski definition) is 0. The molecule has 1 atom stereocenters. The standard InChI is InChI=1S/C46H33NS2/c1-3-31(33-14-6-7-15-34(33)32-13-5-4-12-28(32)2)29-20-22-41-37(26-29)45-43(48-41)24-25-44-46(45)38-27-30(21-23-42(38)49-44)47-39-18-10-8-16-35(39)36-17-9-11-19-40(36)47/h4-27,31H,3H2,1-2H3. The summed E-state index contributed by atoms with van der Waals surface area (Å²) in [5, 5.41) is 8.08. The summed E-state index contributed by atoms with van der Waals surface area (Å²) < 4.78 is 7.83. The Morgan fingerprint density at radius 1 is 0.510 bits per heavy atom. The van der Waals surface area contributed by atoms with E-state index < -0.39 is 0 Å². The van der Waals surface area contributed by atoms with Crippen molar-refractivity contribution in [2.75, 3.05) is 0 Å². The van der Waals surface area contributed by atoms with Crippen molar-refractivity contribution in [3.63, 3.8) is 0 Å². The summed E-state index contributed by atoms with van der Waals surface area (Å²) in [5.41, 5.74) is 10.5. The zero-order valence-electron chi connectivity index (χ0n) is 27.4. The van der Waals surface area contributed by atoms with Crippen molar-refractivity contribution in [1.29, 1.82) is 0 Å². The van der Waals surface area contributed by atoms with Gasteiger partial charge in [0.25, 0.3) is 0 Å². The first-order valence-electron chi connectivity index (χ1n) is 17.1. The molecule has 0 aliphatic heterocycles. The Hall–Kier alpha value is -5.22. The van der Waals surface area contributed by atoms with Gasteiger partial charge in [-0.2, -0.15) is 0 Å². The van der Waals surface area contributed by atoms with E-state index in [9.17, 15) is 0 Å². The minimum Gasteiger partial charge on any atom is -0.309 e. The molecule has 10 rings (SSSR count). The highest BCUT2D eigenvalue weighted by Crippen LogP contribution is 2.47. The van der Waals surface area contributed by atoms with E-state index in [0.717, 1.165) is 6.42 Å². The van der Waals surface area contributed by atoms with Crippen LogP contribution < -0.4 is 0 Å². The highest BCUT2D eigenvalue weighted by molar-refractivity contribution is 7.28. The van der Waals surface area contributed by atoms with Gasteiger partial charge in [-0.05, 0) is 95.8 Å². The Bertz CT molecular complexity index is 2850. The van der Waals surface area contributed by atoms with Crippen LogP contribution in [0.15, 0.2) is 146 Å². The Kier molecular flexibility index (Phi) is 6.55. The van der Waals surface area contributed by atoms with Gasteiger partial charge in [-0.1, -0.05) is 97.9 Å². The molecule has 1 nitrogen and oxygen atoms in total. The summed E-state index contributed by atoms with van der Waals surface area (Å²) in [4.78, 5) is 0. The highest BCUT2D eigenvalue weighted by Gasteiger charge is 2.21. The van der Waals surface area contributed by atoms with Gasteiger partial charge >= 0.3 is 0 Å². The third-order valence-electron chi connectivity index (χ3n) is 10.5. The van der Waals surface area contributed by atoms with Crippen LogP contribution in [0.25, 0.3) is 79.0 Å². The molecule has 0 bridgehead atoms. The molecule has 7 aromatic carbocycles. The lowest BCUT2D eigenvalue weighted by Crippen LogP contribution is -2.02. The molecule has 3 heterocycles. The second-order valence-electron chi connectivity index (χ2n) is 13.2. The van der Waals surface area contributed by atoms with Gasteiger partial charge < -0.3 is 4.57 Å². The number of rotatable bonds is 5. The van der Waals surface area contributed by atoms with Crippen LogP contribution in [-0.2, 0) is 0 Å². The van der Waals surface area contributed by atoms with E-state index in [4.69, 9.17) is 0 Å². The SMILES string of the molecule is CCC(c1ccc2sc3ccc4sc5ccc(-n6c7ccccc7c7ccccc76)cc5c4c3c2c1)c1ccccc1-c1ccccc1C. The summed E-state index contributed by atoms with van der Waals surface area (Å²) in [5.74, 6) is 0.301. The molecule has 49 heavy (non-hydrogen) atoms. The molecule has 0 amide bonds. The Balaban J connectivity index is 1.20. The van der Waals surface area contributed by atoms with E-state index in [0.29, 0.717) is 5.92 Å². The predicted octanol–water partition coefficient (Wildman–Crippen LogP) is 14.0. The Morgan fingerprint density at radius 3 is 1.73 bits per heavy atom. The van der Waals surface area contributed by atoms with Crippen LogP contribution in [0.1, 0.15) is 36.0 Å². The molecule has 0 saturated heterocycles. The topological polar surface area (TPSA) is 4.93 Å². The summed E-state index contributed by atoms with van der Waals surface area (Å²) in [6.45, 7) is 4.55. The monoisotopic (exact) mass is 663 g/mol. The summed E-state index contributed by atoms with van der Waals surface area (Å²) in [6, 6.07) is 54.4. The van der Waals surface area contributed by atoms with Crippen LogP contribution in [0.3, 0.4) is 0 Å². The summed E-state index contributed by atoms with van der Waals surface area (Å²) >= 11 is 3.83. The van der Waals surface area contributed by atoms with Crippen LogP contribution in [0, 0.1) is 6.92 Å². The average Bonchev–Trinajstić information content (AvgIpc) is 3.81. The van der Waals surface area contributed by atoms with Crippen molar-refractivity contribution in [1.82, 2.24) is 4.57 Å². The van der Waals surface area contributed by atoms with Gasteiger partial charge in [-0.3, -0.25) is 0 Å². The fourth-order valence-corrected chi connectivity index (χ4v) is 10.4. The normalized spacial score (nSPS) is 12.7. The molecule has 10 aromatic rings. The maximum Gasteiger partial charge on any atom is 0.0541 e. The Morgan fingerprint density at radius 2 is 1.06 bits per heavy atom. The molecule has 0 N–H and O–H groups in total. The van der Waals surface area contributed by atoms with Crippen LogP contribution in [0.4, 0.5) is 0 Å². The number of aryl methyl sites for hydroxylation is 1. The molecule has 1 unspecified atom stereocenters. The highest BCUT2D eigenvalue weighted by atomic mass is 32.1. The van der Waals surface area contributed by atoms with E-state index in [-0.39, 0.29) is 0 Å². The van der Waals surface area contributed by atoms with Gasteiger partial charge in [0.2, 0.25) is 0 Å². The number of benzene rings is 7. The minimum atomic E-state index is 0.301. The van der Waals surface area contributed by atoms with Crippen molar-refractivity contribution < 1.29 is 0 Å². The zero-order chi connectivity index (χ0) is 32.6. The smallest absolute Gasteiger partial charge is 0.0541 e. The molecule has 234 valence electrons. The van der Waals surface area contributed by atoms with E-state index >= 15 is 0 Å². The first-order chi connectivity index (χ1) is 24.2. The van der Waals surface area contributed by atoms with Crippen molar-refractivity contribution in [2.24, 2.45) is 0 Å². The van der Waals surface area contributed by atoms with E-state index in [1.165, 1.54) is 95.7 Å². The maximum atomic E-state index is 2.51. The number of thiophene rings is 2. The molecule has 0 radical (unpaired) electrons. The molecular formula is C46H33NS2. The van der Waals surface area contributed by atoms with E-state index in [2.05, 4.69) is 164 Å². The molecule has 0 fully saturated rings. The molecule has 0 saturated carbocycles. The molecule has 0 aliphatic carbocycles. The first-order valence-corrected chi connectivity index (χ1v) is 18.8. The lowest BCUT2D eigenvalue weighted by Gasteiger charge is -2.21. The summed E-state index contributed by atoms with van der Waals surface area (Å²) in [6.07, 6.45) is 1.04. The minimum absolute atomic E-state index is 0.301. The second-order valence-corrected chi connectivity index (χ2v) is 15.4. The van der Waals surface area contributed by atoms with Gasteiger partial charge in [-0.15, -0.1) is 22.7 Å². The van der Waals surface area contributed by atoms with Crippen molar-refractivity contribution >= 4 is 84.8 Å². The number of nitrogens with zero attached hydrogens (tertiary/aromatic N) is 1. The van der Waals surface area contributed by atoms with Gasteiger partial charge in [0.1, 0.15) is 0 Å². The number of fused-ring (bicyclic) bond motifs is 10. The lowest BCUT2D eigenvalue weighted by molar-refractivity contribution is 0.780. The van der Waals surface area contributed by atoms with Crippen LogP contribution >= 0.6 is 22.7 Å². The van der Waals surface area contributed by atoms with E-state index in [1.807, 2.05) is 22.7 Å². The van der Waals surface area contributed by atoms with Crippen molar-refractivity contribution in [2.45, 2.75) is 26.2 Å². The molecule has 3 aromatic heterocycles. The predicted molar refractivity (Wildman–Crippen MR) is 215 cm³/mol.